The Morgan fingerprint density at radius 2 is 2.10 bits per heavy atom. The summed E-state index contributed by atoms with van der Waals surface area (Å²) >= 11 is 0. The van der Waals surface area contributed by atoms with Gasteiger partial charge in [0.1, 0.15) is 0 Å². The van der Waals surface area contributed by atoms with Crippen LogP contribution in [0.1, 0.15) is 12.8 Å². The minimum atomic E-state index is 0. The maximum atomic E-state index is 5.48. The van der Waals surface area contributed by atoms with Gasteiger partial charge in [0.05, 0.1) is 0 Å². The molecular formula is C6H16Cl2N2. The normalized spacial score (nSPS) is 25.2. The van der Waals surface area contributed by atoms with Crippen LogP contribution in [0.25, 0.3) is 0 Å². The summed E-state index contributed by atoms with van der Waals surface area (Å²) in [4.78, 5) is 2.33. The number of halogens is 2. The van der Waals surface area contributed by atoms with Gasteiger partial charge < -0.3 is 10.6 Å². The second kappa shape index (κ2) is 6.23. The van der Waals surface area contributed by atoms with Gasteiger partial charge in [-0.2, -0.15) is 0 Å². The molecule has 1 atom stereocenters. The molecule has 1 aliphatic rings. The van der Waals surface area contributed by atoms with E-state index in [0.29, 0.717) is 6.04 Å². The Hall–Kier alpha value is 0.500. The monoisotopic (exact) mass is 186 g/mol. The van der Waals surface area contributed by atoms with Crippen LogP contribution < -0.4 is 5.73 Å². The average molecular weight is 187 g/mol. The van der Waals surface area contributed by atoms with Crippen molar-refractivity contribution in [2.75, 3.05) is 20.1 Å². The lowest BCUT2D eigenvalue weighted by Gasteiger charge is -2.15. The van der Waals surface area contributed by atoms with Crippen molar-refractivity contribution in [3.8, 4) is 0 Å². The molecule has 0 aromatic carbocycles. The van der Waals surface area contributed by atoms with E-state index in [2.05, 4.69) is 11.9 Å². The van der Waals surface area contributed by atoms with Crippen molar-refractivity contribution in [1.29, 1.82) is 0 Å². The predicted octanol–water partition coefficient (Wildman–Crippen LogP) is 0.883. The fourth-order valence-corrected chi connectivity index (χ4v) is 1.28. The van der Waals surface area contributed by atoms with E-state index in [0.717, 1.165) is 6.54 Å². The smallest absolute Gasteiger partial charge is 0.0215 e. The van der Waals surface area contributed by atoms with E-state index in [1.807, 2.05) is 0 Å². The Morgan fingerprint density at radius 3 is 2.30 bits per heavy atom. The summed E-state index contributed by atoms with van der Waals surface area (Å²) in [7, 11) is 2.14. The molecule has 10 heavy (non-hydrogen) atoms. The Morgan fingerprint density at radius 1 is 1.50 bits per heavy atom. The van der Waals surface area contributed by atoms with Gasteiger partial charge >= 0.3 is 0 Å². The maximum Gasteiger partial charge on any atom is 0.0215 e. The summed E-state index contributed by atoms with van der Waals surface area (Å²) in [6.07, 6.45) is 2.63. The summed E-state index contributed by atoms with van der Waals surface area (Å²) in [6, 6.07) is 0.676. The maximum absolute atomic E-state index is 5.48. The van der Waals surface area contributed by atoms with Crippen LogP contribution in [0.2, 0.25) is 0 Å². The molecule has 2 N–H and O–H groups in total. The molecule has 64 valence electrons. The third-order valence-corrected chi connectivity index (χ3v) is 1.94. The van der Waals surface area contributed by atoms with Crippen molar-refractivity contribution in [1.82, 2.24) is 4.90 Å². The molecule has 0 aliphatic carbocycles. The van der Waals surface area contributed by atoms with Gasteiger partial charge in [-0.3, -0.25) is 0 Å². The van der Waals surface area contributed by atoms with Crippen molar-refractivity contribution >= 4 is 24.8 Å². The average Bonchev–Trinajstić information content (AvgIpc) is 2.14. The summed E-state index contributed by atoms with van der Waals surface area (Å²) in [5.74, 6) is 0. The summed E-state index contributed by atoms with van der Waals surface area (Å²) < 4.78 is 0. The van der Waals surface area contributed by atoms with Crippen LogP contribution in [-0.4, -0.2) is 31.1 Å². The lowest BCUT2D eigenvalue weighted by Crippen LogP contribution is -2.31. The first-order valence-electron chi connectivity index (χ1n) is 3.25. The molecule has 4 heteroatoms. The van der Waals surface area contributed by atoms with Crippen molar-refractivity contribution in [3.63, 3.8) is 0 Å². The van der Waals surface area contributed by atoms with E-state index in [9.17, 15) is 0 Å². The fourth-order valence-electron chi connectivity index (χ4n) is 1.28. The molecule has 0 unspecified atom stereocenters. The fraction of sp³-hybridized carbons (Fsp3) is 1.00. The number of hydrogen-bond donors (Lipinski definition) is 1. The van der Waals surface area contributed by atoms with Gasteiger partial charge in [-0.15, -0.1) is 24.8 Å². The van der Waals surface area contributed by atoms with E-state index in [4.69, 9.17) is 5.73 Å². The third kappa shape index (κ3) is 3.06. The van der Waals surface area contributed by atoms with Gasteiger partial charge in [0.15, 0.2) is 0 Å². The topological polar surface area (TPSA) is 29.3 Å². The highest BCUT2D eigenvalue weighted by Crippen LogP contribution is 2.12. The zero-order chi connectivity index (χ0) is 5.98. The predicted molar refractivity (Wildman–Crippen MR) is 49.2 cm³/mol. The first-order valence-corrected chi connectivity index (χ1v) is 3.25. The number of likely N-dealkylation sites (N-methyl/N-ethyl adjacent to an activating group) is 1. The molecule has 2 nitrogen and oxygen atoms in total. The van der Waals surface area contributed by atoms with Crippen molar-refractivity contribution in [3.05, 3.63) is 0 Å². The van der Waals surface area contributed by atoms with Crippen LogP contribution in [0.5, 0.6) is 0 Å². The highest BCUT2D eigenvalue weighted by molar-refractivity contribution is 5.85. The van der Waals surface area contributed by atoms with Crippen molar-refractivity contribution in [2.45, 2.75) is 18.9 Å². The highest BCUT2D eigenvalue weighted by Gasteiger charge is 2.17. The number of rotatable bonds is 1. The number of nitrogens with zero attached hydrogens (tertiary/aromatic N) is 1. The second-order valence-corrected chi connectivity index (χ2v) is 2.51. The number of likely N-dealkylation sites (tertiary alicyclic amines) is 1. The molecule has 1 saturated heterocycles. The van der Waals surface area contributed by atoms with Gasteiger partial charge in [0.25, 0.3) is 0 Å². The Balaban J connectivity index is 0. The molecule has 0 amide bonds. The molecule has 0 aromatic heterocycles. The number of nitrogens with two attached hydrogens (primary N) is 1. The van der Waals surface area contributed by atoms with Gasteiger partial charge in [-0.05, 0) is 26.4 Å². The lowest BCUT2D eigenvalue weighted by molar-refractivity contribution is 0.317. The quantitative estimate of drug-likeness (QED) is 0.660. The standard InChI is InChI=1S/C6H14N2.2ClH/c1-8-4-2-3-6(8)5-7;;/h6H,2-5,7H2,1H3;2*1H/t6-;;/m1../s1. The minimum absolute atomic E-state index is 0. The molecule has 0 aromatic rings. The zero-order valence-electron chi connectivity index (χ0n) is 6.25. The summed E-state index contributed by atoms with van der Waals surface area (Å²) in [5, 5.41) is 0. The third-order valence-electron chi connectivity index (χ3n) is 1.94. The summed E-state index contributed by atoms with van der Waals surface area (Å²) in [5.41, 5.74) is 5.48. The molecule has 1 fully saturated rings. The summed E-state index contributed by atoms with van der Waals surface area (Å²) in [6.45, 7) is 2.07. The molecule has 0 radical (unpaired) electrons. The van der Waals surface area contributed by atoms with Gasteiger partial charge in [-0.25, -0.2) is 0 Å². The molecule has 0 bridgehead atoms. The van der Waals surface area contributed by atoms with E-state index in [1.54, 1.807) is 0 Å². The van der Waals surface area contributed by atoms with Crippen LogP contribution in [0.15, 0.2) is 0 Å². The Bertz CT molecular complexity index is 80.1. The Kier molecular flexibility index (Phi) is 8.17. The van der Waals surface area contributed by atoms with Gasteiger partial charge in [0.2, 0.25) is 0 Å². The molecule has 0 spiro atoms. The SMILES string of the molecule is CN1CCC[C@@H]1CN.Cl.Cl. The Labute approximate surface area is 75.0 Å². The van der Waals surface area contributed by atoms with Crippen LogP contribution in [0.4, 0.5) is 0 Å². The van der Waals surface area contributed by atoms with Crippen LogP contribution >= 0.6 is 24.8 Å². The molecule has 1 heterocycles. The number of hydrogen-bond acceptors (Lipinski definition) is 2. The van der Waals surface area contributed by atoms with E-state index in [-0.39, 0.29) is 24.8 Å². The lowest BCUT2D eigenvalue weighted by atomic mass is 10.2. The second-order valence-electron chi connectivity index (χ2n) is 2.51. The van der Waals surface area contributed by atoms with E-state index < -0.39 is 0 Å². The van der Waals surface area contributed by atoms with E-state index in [1.165, 1.54) is 19.4 Å². The van der Waals surface area contributed by atoms with Crippen LogP contribution in [-0.2, 0) is 0 Å². The van der Waals surface area contributed by atoms with Crippen molar-refractivity contribution in [2.24, 2.45) is 5.73 Å². The molecule has 1 aliphatic heterocycles. The zero-order valence-corrected chi connectivity index (χ0v) is 7.88. The molecular weight excluding hydrogens is 171 g/mol. The van der Waals surface area contributed by atoms with Gasteiger partial charge in [-0.1, -0.05) is 0 Å². The molecule has 1 rings (SSSR count). The first kappa shape index (κ1) is 13.1. The van der Waals surface area contributed by atoms with E-state index >= 15 is 0 Å². The van der Waals surface area contributed by atoms with Crippen LogP contribution in [0.3, 0.4) is 0 Å². The largest absolute Gasteiger partial charge is 0.329 e. The van der Waals surface area contributed by atoms with Crippen molar-refractivity contribution < 1.29 is 0 Å². The minimum Gasteiger partial charge on any atom is -0.329 e. The van der Waals surface area contributed by atoms with Gasteiger partial charge in [0, 0.05) is 12.6 Å². The highest BCUT2D eigenvalue weighted by atomic mass is 35.5. The first-order chi connectivity index (χ1) is 3.84. The molecule has 0 saturated carbocycles. The van der Waals surface area contributed by atoms with Crippen LogP contribution in [0, 0.1) is 0 Å².